The maximum Gasteiger partial charge on any atom is 0.0737 e. The number of nitrogens with one attached hydrogen (secondary N) is 1. The Labute approximate surface area is 173 Å². The van der Waals surface area contributed by atoms with Gasteiger partial charge in [0.15, 0.2) is 0 Å². The number of halogens is 1. The summed E-state index contributed by atoms with van der Waals surface area (Å²) in [5, 5.41) is 5.58. The van der Waals surface area contributed by atoms with Crippen LogP contribution < -0.4 is 5.32 Å². The second-order valence-corrected chi connectivity index (χ2v) is 7.72. The van der Waals surface area contributed by atoms with Crippen LogP contribution in [-0.2, 0) is 0 Å². The highest BCUT2D eigenvalue weighted by atomic mass is 35.5. The van der Waals surface area contributed by atoms with Gasteiger partial charge in [0.05, 0.1) is 5.52 Å². The fourth-order valence-electron chi connectivity index (χ4n) is 3.72. The highest BCUT2D eigenvalue weighted by Crippen LogP contribution is 2.29. The number of hydrogen-bond donors (Lipinski definition) is 1. The van der Waals surface area contributed by atoms with Gasteiger partial charge in [-0.05, 0) is 62.3 Å². The molecule has 0 aliphatic heterocycles. The minimum Gasteiger partial charge on any atom is -0.384 e. The summed E-state index contributed by atoms with van der Waals surface area (Å²) in [6, 6.07) is 16.8. The Morgan fingerprint density at radius 3 is 2.54 bits per heavy atom. The van der Waals surface area contributed by atoms with Crippen molar-refractivity contribution in [1.29, 1.82) is 0 Å². The van der Waals surface area contributed by atoms with Gasteiger partial charge in [0, 0.05) is 34.8 Å². The lowest BCUT2D eigenvalue weighted by molar-refractivity contribution is 0.291. The molecule has 0 saturated carbocycles. The van der Waals surface area contributed by atoms with Gasteiger partial charge in [-0.2, -0.15) is 0 Å². The monoisotopic (exact) mass is 395 g/mol. The molecule has 0 saturated heterocycles. The summed E-state index contributed by atoms with van der Waals surface area (Å²) in [5.74, 6) is 0.455. The standard InChI is InChI=1S/C24H30ClN3/c1-4-28(5-2)14-13-20(19-9-7-6-8-10-19)17-27-24-18(3)16-26-23-15-21(25)11-12-22(23)24/h6-12,15-16,20H,4-5,13-14,17H2,1-3H3,(H,26,27). The van der Waals surface area contributed by atoms with E-state index in [1.54, 1.807) is 0 Å². The van der Waals surface area contributed by atoms with Crippen molar-refractivity contribution in [3.8, 4) is 0 Å². The Morgan fingerprint density at radius 2 is 1.82 bits per heavy atom. The van der Waals surface area contributed by atoms with Gasteiger partial charge in [0.1, 0.15) is 0 Å². The predicted molar refractivity (Wildman–Crippen MR) is 122 cm³/mol. The van der Waals surface area contributed by atoms with Crippen LogP contribution in [0.4, 0.5) is 5.69 Å². The third-order valence-electron chi connectivity index (χ3n) is 5.51. The molecule has 4 heteroatoms. The average Bonchev–Trinajstić information content (AvgIpc) is 2.72. The fourth-order valence-corrected chi connectivity index (χ4v) is 3.88. The van der Waals surface area contributed by atoms with E-state index in [1.807, 2.05) is 18.3 Å². The second kappa shape index (κ2) is 9.90. The number of rotatable bonds is 9. The summed E-state index contributed by atoms with van der Waals surface area (Å²) in [6.07, 6.45) is 3.06. The first-order chi connectivity index (χ1) is 13.6. The summed E-state index contributed by atoms with van der Waals surface area (Å²) in [6.45, 7) is 10.8. The van der Waals surface area contributed by atoms with Crippen molar-refractivity contribution in [2.24, 2.45) is 0 Å². The predicted octanol–water partition coefficient (Wildman–Crippen LogP) is 6.12. The lowest BCUT2D eigenvalue weighted by Gasteiger charge is -2.24. The quantitative estimate of drug-likeness (QED) is 0.472. The highest BCUT2D eigenvalue weighted by Gasteiger charge is 2.15. The number of aromatic nitrogens is 1. The van der Waals surface area contributed by atoms with Crippen LogP contribution in [0.1, 0.15) is 37.3 Å². The molecule has 0 spiro atoms. The molecule has 148 valence electrons. The maximum absolute atomic E-state index is 6.15. The Balaban J connectivity index is 1.82. The zero-order valence-corrected chi connectivity index (χ0v) is 17.8. The molecule has 3 rings (SSSR count). The van der Waals surface area contributed by atoms with E-state index in [0.29, 0.717) is 5.92 Å². The number of anilines is 1. The molecule has 2 aromatic carbocycles. The van der Waals surface area contributed by atoms with Crippen molar-refractivity contribution in [3.63, 3.8) is 0 Å². The van der Waals surface area contributed by atoms with E-state index in [1.165, 1.54) is 5.56 Å². The topological polar surface area (TPSA) is 28.2 Å². The molecule has 0 fully saturated rings. The molecule has 3 aromatic rings. The van der Waals surface area contributed by atoms with Crippen LogP contribution in [0.5, 0.6) is 0 Å². The van der Waals surface area contributed by atoms with E-state index >= 15 is 0 Å². The molecule has 1 N–H and O–H groups in total. The minimum absolute atomic E-state index is 0.455. The number of nitrogens with zero attached hydrogens (tertiary/aromatic N) is 2. The van der Waals surface area contributed by atoms with Gasteiger partial charge < -0.3 is 10.2 Å². The van der Waals surface area contributed by atoms with Crippen molar-refractivity contribution in [3.05, 3.63) is 70.9 Å². The van der Waals surface area contributed by atoms with Gasteiger partial charge in [-0.25, -0.2) is 0 Å². The zero-order valence-electron chi connectivity index (χ0n) is 17.1. The summed E-state index contributed by atoms with van der Waals surface area (Å²) < 4.78 is 0. The fraction of sp³-hybridized carbons (Fsp3) is 0.375. The molecule has 0 radical (unpaired) electrons. The van der Waals surface area contributed by atoms with Crippen LogP contribution in [0, 0.1) is 6.92 Å². The molecule has 3 nitrogen and oxygen atoms in total. The molecular formula is C24H30ClN3. The van der Waals surface area contributed by atoms with E-state index in [9.17, 15) is 0 Å². The Bertz CT molecular complexity index is 891. The Hall–Kier alpha value is -2.10. The first-order valence-corrected chi connectivity index (χ1v) is 10.6. The van der Waals surface area contributed by atoms with Gasteiger partial charge in [-0.1, -0.05) is 55.8 Å². The first kappa shape index (κ1) is 20.6. The molecule has 1 unspecified atom stereocenters. The molecule has 0 aliphatic carbocycles. The van der Waals surface area contributed by atoms with Gasteiger partial charge >= 0.3 is 0 Å². The number of hydrogen-bond acceptors (Lipinski definition) is 3. The van der Waals surface area contributed by atoms with E-state index in [4.69, 9.17) is 11.6 Å². The van der Waals surface area contributed by atoms with Crippen LogP contribution >= 0.6 is 11.6 Å². The molecule has 0 amide bonds. The van der Waals surface area contributed by atoms with Gasteiger partial charge in [0.2, 0.25) is 0 Å². The molecule has 1 aromatic heterocycles. The van der Waals surface area contributed by atoms with Gasteiger partial charge in [-0.3, -0.25) is 4.98 Å². The van der Waals surface area contributed by atoms with Crippen molar-refractivity contribution >= 4 is 28.2 Å². The van der Waals surface area contributed by atoms with Crippen molar-refractivity contribution in [1.82, 2.24) is 9.88 Å². The third kappa shape index (κ3) is 5.03. The summed E-state index contributed by atoms with van der Waals surface area (Å²) in [7, 11) is 0. The molecular weight excluding hydrogens is 366 g/mol. The van der Waals surface area contributed by atoms with E-state index < -0.39 is 0 Å². The molecule has 1 atom stereocenters. The number of benzene rings is 2. The minimum atomic E-state index is 0.455. The molecule has 0 aliphatic rings. The van der Waals surface area contributed by atoms with Crippen molar-refractivity contribution < 1.29 is 0 Å². The summed E-state index contributed by atoms with van der Waals surface area (Å²) in [4.78, 5) is 7.03. The lowest BCUT2D eigenvalue weighted by atomic mass is 9.95. The SMILES string of the molecule is CCN(CC)CCC(CNc1c(C)cnc2cc(Cl)ccc12)c1ccccc1. The van der Waals surface area contributed by atoms with Crippen LogP contribution in [-0.4, -0.2) is 36.1 Å². The summed E-state index contributed by atoms with van der Waals surface area (Å²) >= 11 is 6.15. The lowest BCUT2D eigenvalue weighted by Crippen LogP contribution is -2.27. The maximum atomic E-state index is 6.15. The second-order valence-electron chi connectivity index (χ2n) is 7.28. The van der Waals surface area contributed by atoms with Crippen LogP contribution in [0.15, 0.2) is 54.7 Å². The van der Waals surface area contributed by atoms with E-state index in [0.717, 1.165) is 59.8 Å². The van der Waals surface area contributed by atoms with Crippen molar-refractivity contribution in [2.45, 2.75) is 33.1 Å². The van der Waals surface area contributed by atoms with Crippen LogP contribution in [0.3, 0.4) is 0 Å². The summed E-state index contributed by atoms with van der Waals surface area (Å²) in [5.41, 5.74) is 4.64. The molecule has 1 heterocycles. The van der Waals surface area contributed by atoms with Crippen LogP contribution in [0.25, 0.3) is 10.9 Å². The van der Waals surface area contributed by atoms with Crippen molar-refractivity contribution in [2.75, 3.05) is 31.5 Å². The Morgan fingerprint density at radius 1 is 1.07 bits per heavy atom. The number of aryl methyl sites for hydroxylation is 1. The number of fused-ring (bicyclic) bond motifs is 1. The van der Waals surface area contributed by atoms with E-state index in [2.05, 4.69) is 72.4 Å². The normalized spacial score (nSPS) is 12.5. The van der Waals surface area contributed by atoms with Crippen LogP contribution in [0.2, 0.25) is 5.02 Å². The molecule has 28 heavy (non-hydrogen) atoms. The average molecular weight is 396 g/mol. The van der Waals surface area contributed by atoms with E-state index in [-0.39, 0.29) is 0 Å². The largest absolute Gasteiger partial charge is 0.384 e. The smallest absolute Gasteiger partial charge is 0.0737 e. The van der Waals surface area contributed by atoms with Gasteiger partial charge in [-0.15, -0.1) is 0 Å². The Kier molecular flexibility index (Phi) is 7.30. The third-order valence-corrected chi connectivity index (χ3v) is 5.74. The zero-order chi connectivity index (χ0) is 19.9. The van der Waals surface area contributed by atoms with Gasteiger partial charge in [0.25, 0.3) is 0 Å². The first-order valence-electron chi connectivity index (χ1n) is 10.2. The highest BCUT2D eigenvalue weighted by molar-refractivity contribution is 6.31. The number of pyridine rings is 1. The molecule has 0 bridgehead atoms.